The van der Waals surface area contributed by atoms with Crippen molar-refractivity contribution in [2.75, 3.05) is 33.2 Å². The number of carbonyl (C=O) groups is 1. The second-order valence-electron chi connectivity index (χ2n) is 6.30. The van der Waals surface area contributed by atoms with Gasteiger partial charge in [0.1, 0.15) is 0 Å². The first-order valence-corrected chi connectivity index (χ1v) is 8.69. The molecule has 1 heterocycles. The lowest BCUT2D eigenvalue weighted by molar-refractivity contribution is -0.113. The standard InChI is InChI=1S/C22H24N2O/c1-23-12-13-24-16-20(14-18-8-4-2-5-9-18)22(25)21(17-24)15-19-10-6-3-7-11-19/h2-11,14-15,23H,12-13,16-17H2,1H3/b20-14+,21-15+. The topological polar surface area (TPSA) is 32.3 Å². The van der Waals surface area contributed by atoms with E-state index in [1.807, 2.05) is 79.9 Å². The Morgan fingerprint density at radius 3 is 1.80 bits per heavy atom. The van der Waals surface area contributed by atoms with Crippen LogP contribution in [0.2, 0.25) is 0 Å². The zero-order valence-electron chi connectivity index (χ0n) is 14.6. The Morgan fingerprint density at radius 2 is 1.36 bits per heavy atom. The molecule has 3 heteroatoms. The van der Waals surface area contributed by atoms with Gasteiger partial charge in [-0.1, -0.05) is 60.7 Å². The molecule has 2 aromatic carbocycles. The molecule has 1 N–H and O–H groups in total. The van der Waals surface area contributed by atoms with Gasteiger partial charge >= 0.3 is 0 Å². The third-order valence-corrected chi connectivity index (χ3v) is 4.33. The summed E-state index contributed by atoms with van der Waals surface area (Å²) in [5.74, 6) is 0.161. The minimum atomic E-state index is 0.161. The number of likely N-dealkylation sites (N-methyl/N-ethyl adjacent to an activating group) is 1. The van der Waals surface area contributed by atoms with E-state index in [0.29, 0.717) is 13.1 Å². The van der Waals surface area contributed by atoms with Crippen LogP contribution in [0, 0.1) is 0 Å². The lowest BCUT2D eigenvalue weighted by Gasteiger charge is -2.29. The molecule has 0 bridgehead atoms. The maximum Gasteiger partial charge on any atom is 0.187 e. The molecular formula is C22H24N2O. The fourth-order valence-corrected chi connectivity index (χ4v) is 3.04. The minimum Gasteiger partial charge on any atom is -0.318 e. The van der Waals surface area contributed by atoms with Gasteiger partial charge in [-0.2, -0.15) is 0 Å². The summed E-state index contributed by atoms with van der Waals surface area (Å²) in [4.78, 5) is 15.3. The Kier molecular flexibility index (Phi) is 5.94. The number of piperidine rings is 1. The van der Waals surface area contributed by atoms with E-state index >= 15 is 0 Å². The highest BCUT2D eigenvalue weighted by atomic mass is 16.1. The summed E-state index contributed by atoms with van der Waals surface area (Å²) in [5.41, 5.74) is 3.85. The Hall–Kier alpha value is -2.49. The third kappa shape index (κ3) is 4.75. The van der Waals surface area contributed by atoms with Crippen LogP contribution in [-0.4, -0.2) is 43.9 Å². The fraction of sp³-hybridized carbons (Fsp3) is 0.227. The zero-order valence-corrected chi connectivity index (χ0v) is 14.6. The summed E-state index contributed by atoms with van der Waals surface area (Å²) in [6.45, 7) is 3.22. The number of carbonyl (C=O) groups excluding carboxylic acids is 1. The summed E-state index contributed by atoms with van der Waals surface area (Å²) < 4.78 is 0. The normalized spacial score (nSPS) is 18.8. The lowest BCUT2D eigenvalue weighted by atomic mass is 9.94. The predicted molar refractivity (Wildman–Crippen MR) is 104 cm³/mol. The maximum atomic E-state index is 13.0. The molecule has 0 saturated carbocycles. The predicted octanol–water partition coefficient (Wildman–Crippen LogP) is 3.26. The molecule has 0 aliphatic carbocycles. The van der Waals surface area contributed by atoms with Crippen LogP contribution in [0.25, 0.3) is 12.2 Å². The Balaban J connectivity index is 1.91. The molecule has 1 saturated heterocycles. The van der Waals surface area contributed by atoms with E-state index < -0.39 is 0 Å². The summed E-state index contributed by atoms with van der Waals surface area (Å²) in [6.07, 6.45) is 4.04. The molecular weight excluding hydrogens is 308 g/mol. The van der Waals surface area contributed by atoms with Crippen molar-refractivity contribution in [3.8, 4) is 0 Å². The van der Waals surface area contributed by atoms with Crippen molar-refractivity contribution in [1.29, 1.82) is 0 Å². The van der Waals surface area contributed by atoms with Crippen LogP contribution in [0.4, 0.5) is 0 Å². The summed E-state index contributed by atoms with van der Waals surface area (Å²) >= 11 is 0. The lowest BCUT2D eigenvalue weighted by Crippen LogP contribution is -2.40. The Bertz CT molecular complexity index is 702. The van der Waals surface area contributed by atoms with Gasteiger partial charge in [0.05, 0.1) is 0 Å². The van der Waals surface area contributed by atoms with E-state index in [9.17, 15) is 4.79 Å². The van der Waals surface area contributed by atoms with Gasteiger partial charge < -0.3 is 5.32 Å². The fourth-order valence-electron chi connectivity index (χ4n) is 3.04. The molecule has 128 valence electrons. The van der Waals surface area contributed by atoms with Crippen LogP contribution >= 0.6 is 0 Å². The first-order valence-electron chi connectivity index (χ1n) is 8.69. The minimum absolute atomic E-state index is 0.161. The van der Waals surface area contributed by atoms with Gasteiger partial charge in [0.2, 0.25) is 0 Å². The molecule has 1 fully saturated rings. The number of nitrogens with zero attached hydrogens (tertiary/aromatic N) is 1. The zero-order chi connectivity index (χ0) is 17.5. The summed E-state index contributed by atoms with van der Waals surface area (Å²) in [7, 11) is 1.95. The number of nitrogens with one attached hydrogen (secondary N) is 1. The molecule has 0 atom stereocenters. The molecule has 3 nitrogen and oxygen atoms in total. The van der Waals surface area contributed by atoms with Crippen LogP contribution in [0.1, 0.15) is 11.1 Å². The molecule has 3 rings (SSSR count). The van der Waals surface area contributed by atoms with E-state index in [4.69, 9.17) is 0 Å². The van der Waals surface area contributed by atoms with Crippen molar-refractivity contribution < 1.29 is 4.79 Å². The van der Waals surface area contributed by atoms with Crippen molar-refractivity contribution in [1.82, 2.24) is 10.2 Å². The highest BCUT2D eigenvalue weighted by Crippen LogP contribution is 2.21. The Labute approximate surface area is 149 Å². The van der Waals surface area contributed by atoms with Gasteiger partial charge in [0, 0.05) is 37.3 Å². The number of rotatable bonds is 5. The van der Waals surface area contributed by atoms with Crippen LogP contribution in [-0.2, 0) is 4.79 Å². The van der Waals surface area contributed by atoms with Gasteiger partial charge in [-0.05, 0) is 30.3 Å². The molecule has 1 aliphatic heterocycles. The molecule has 0 amide bonds. The van der Waals surface area contributed by atoms with Crippen molar-refractivity contribution in [2.24, 2.45) is 0 Å². The average Bonchev–Trinajstić information content (AvgIpc) is 2.65. The van der Waals surface area contributed by atoms with Gasteiger partial charge in [0.15, 0.2) is 5.78 Å². The smallest absolute Gasteiger partial charge is 0.187 e. The van der Waals surface area contributed by atoms with E-state index in [1.54, 1.807) is 0 Å². The van der Waals surface area contributed by atoms with Crippen LogP contribution in [0.3, 0.4) is 0 Å². The highest BCUT2D eigenvalue weighted by molar-refractivity contribution is 6.14. The van der Waals surface area contributed by atoms with Crippen LogP contribution < -0.4 is 5.32 Å². The molecule has 0 unspecified atom stereocenters. The van der Waals surface area contributed by atoms with Crippen molar-refractivity contribution >= 4 is 17.9 Å². The van der Waals surface area contributed by atoms with E-state index in [1.165, 1.54) is 0 Å². The number of benzene rings is 2. The number of ketones is 1. The summed E-state index contributed by atoms with van der Waals surface area (Å²) in [5, 5.41) is 3.19. The van der Waals surface area contributed by atoms with Gasteiger partial charge in [-0.15, -0.1) is 0 Å². The van der Waals surface area contributed by atoms with E-state index in [-0.39, 0.29) is 5.78 Å². The number of hydrogen-bond acceptors (Lipinski definition) is 3. The van der Waals surface area contributed by atoms with Gasteiger partial charge in [-0.3, -0.25) is 9.69 Å². The number of likely N-dealkylation sites (tertiary alicyclic amines) is 1. The van der Waals surface area contributed by atoms with Crippen LogP contribution in [0.5, 0.6) is 0 Å². The van der Waals surface area contributed by atoms with E-state index in [2.05, 4.69) is 10.2 Å². The number of hydrogen-bond donors (Lipinski definition) is 1. The summed E-state index contributed by atoms with van der Waals surface area (Å²) in [6, 6.07) is 20.1. The van der Waals surface area contributed by atoms with Gasteiger partial charge in [-0.25, -0.2) is 0 Å². The monoisotopic (exact) mass is 332 g/mol. The van der Waals surface area contributed by atoms with Crippen molar-refractivity contribution in [3.05, 3.63) is 82.9 Å². The average molecular weight is 332 g/mol. The molecule has 0 aromatic heterocycles. The van der Waals surface area contributed by atoms with Gasteiger partial charge in [0.25, 0.3) is 0 Å². The molecule has 25 heavy (non-hydrogen) atoms. The molecule has 2 aromatic rings. The third-order valence-electron chi connectivity index (χ3n) is 4.33. The quantitative estimate of drug-likeness (QED) is 0.853. The molecule has 0 radical (unpaired) electrons. The largest absolute Gasteiger partial charge is 0.318 e. The number of Topliss-reactive ketones (excluding diaryl/α,β-unsaturated/α-hetero) is 1. The second-order valence-corrected chi connectivity index (χ2v) is 6.30. The molecule has 0 spiro atoms. The molecule has 1 aliphatic rings. The van der Waals surface area contributed by atoms with E-state index in [0.717, 1.165) is 35.4 Å². The highest BCUT2D eigenvalue weighted by Gasteiger charge is 2.25. The first-order chi connectivity index (χ1) is 12.3. The maximum absolute atomic E-state index is 13.0. The Morgan fingerprint density at radius 1 is 0.880 bits per heavy atom. The first kappa shape index (κ1) is 17.3. The van der Waals surface area contributed by atoms with Crippen LogP contribution in [0.15, 0.2) is 71.8 Å². The SMILES string of the molecule is CNCCN1C/C(=C\c2ccccc2)C(=O)/C(=C/c2ccccc2)C1. The van der Waals surface area contributed by atoms with Crippen molar-refractivity contribution in [3.63, 3.8) is 0 Å². The second kappa shape index (κ2) is 8.56. The van der Waals surface area contributed by atoms with Crippen molar-refractivity contribution in [2.45, 2.75) is 0 Å².